The summed E-state index contributed by atoms with van der Waals surface area (Å²) in [5.74, 6) is 0.153. The molecule has 0 radical (unpaired) electrons. The van der Waals surface area contributed by atoms with E-state index >= 15 is 0 Å². The van der Waals surface area contributed by atoms with Crippen molar-refractivity contribution in [3.63, 3.8) is 0 Å². The topological polar surface area (TPSA) is 55.1 Å². The van der Waals surface area contributed by atoms with Gasteiger partial charge in [0.25, 0.3) is 0 Å². The van der Waals surface area contributed by atoms with E-state index in [0.717, 1.165) is 25.7 Å². The van der Waals surface area contributed by atoms with Gasteiger partial charge in [-0.2, -0.15) is 0 Å². The Bertz CT molecular complexity index is 470. The second kappa shape index (κ2) is 7.81. The van der Waals surface area contributed by atoms with E-state index in [2.05, 4.69) is 36.5 Å². The lowest BCUT2D eigenvalue weighted by molar-refractivity contribution is -0.128. The lowest BCUT2D eigenvalue weighted by Gasteiger charge is -2.37. The van der Waals surface area contributed by atoms with Crippen LogP contribution >= 0.6 is 12.4 Å². The summed E-state index contributed by atoms with van der Waals surface area (Å²) in [6, 6.07) is 8.44. The number of aryl methyl sites for hydroxylation is 1. The van der Waals surface area contributed by atoms with Gasteiger partial charge in [0.05, 0.1) is 5.41 Å². The van der Waals surface area contributed by atoms with Gasteiger partial charge in [-0.15, -0.1) is 12.4 Å². The van der Waals surface area contributed by atoms with Gasteiger partial charge in [-0.25, -0.2) is 0 Å². The van der Waals surface area contributed by atoms with Gasteiger partial charge < -0.3 is 11.1 Å². The second-order valence-corrected chi connectivity index (χ2v) is 6.12. The third-order valence-electron chi connectivity index (χ3n) is 4.44. The normalized spacial score (nSPS) is 18.4. The standard InChI is InChI=1S/C17H26N2O.ClH/c1-13-7-6-8-15(11-13)17(9-4-3-5-10-17)16(20)19-14(2)12-18;/h6-8,11,14H,3-5,9-10,12,18H2,1-2H3,(H,19,20);1H/t14-;/m0./s1. The summed E-state index contributed by atoms with van der Waals surface area (Å²) in [6.45, 7) is 4.53. The number of halogens is 1. The Morgan fingerprint density at radius 3 is 2.57 bits per heavy atom. The van der Waals surface area contributed by atoms with Gasteiger partial charge in [0.2, 0.25) is 5.91 Å². The lowest BCUT2D eigenvalue weighted by Crippen LogP contribution is -2.50. The van der Waals surface area contributed by atoms with Gasteiger partial charge in [0.15, 0.2) is 0 Å². The van der Waals surface area contributed by atoms with Gasteiger partial charge in [0.1, 0.15) is 0 Å². The number of benzene rings is 1. The van der Waals surface area contributed by atoms with Crippen LogP contribution in [-0.4, -0.2) is 18.5 Å². The van der Waals surface area contributed by atoms with Crippen molar-refractivity contribution in [3.8, 4) is 0 Å². The van der Waals surface area contributed by atoms with Crippen molar-refractivity contribution in [2.75, 3.05) is 6.54 Å². The molecule has 1 fully saturated rings. The molecule has 4 heteroatoms. The number of hydrogen-bond acceptors (Lipinski definition) is 2. The van der Waals surface area contributed by atoms with Crippen LogP contribution in [0.25, 0.3) is 0 Å². The number of nitrogens with two attached hydrogens (primary N) is 1. The van der Waals surface area contributed by atoms with Crippen LogP contribution in [0.15, 0.2) is 24.3 Å². The third-order valence-corrected chi connectivity index (χ3v) is 4.44. The predicted molar refractivity (Wildman–Crippen MR) is 89.8 cm³/mol. The first-order chi connectivity index (χ1) is 9.58. The van der Waals surface area contributed by atoms with Crippen molar-refractivity contribution in [2.45, 2.75) is 57.4 Å². The number of carbonyl (C=O) groups is 1. The Morgan fingerprint density at radius 2 is 2.00 bits per heavy atom. The molecule has 0 unspecified atom stereocenters. The fraction of sp³-hybridized carbons (Fsp3) is 0.588. The van der Waals surface area contributed by atoms with Gasteiger partial charge in [-0.3, -0.25) is 4.79 Å². The van der Waals surface area contributed by atoms with Crippen molar-refractivity contribution < 1.29 is 4.79 Å². The van der Waals surface area contributed by atoms with Gasteiger partial charge in [0, 0.05) is 12.6 Å². The maximum Gasteiger partial charge on any atom is 0.230 e. The average Bonchev–Trinajstić information content (AvgIpc) is 2.47. The van der Waals surface area contributed by atoms with Crippen LogP contribution in [0, 0.1) is 6.92 Å². The highest BCUT2D eigenvalue weighted by Crippen LogP contribution is 2.40. The van der Waals surface area contributed by atoms with E-state index in [-0.39, 0.29) is 29.8 Å². The van der Waals surface area contributed by atoms with Crippen molar-refractivity contribution in [2.24, 2.45) is 5.73 Å². The first kappa shape index (κ1) is 18.0. The van der Waals surface area contributed by atoms with E-state index in [4.69, 9.17) is 5.73 Å². The maximum absolute atomic E-state index is 12.8. The molecule has 0 spiro atoms. The van der Waals surface area contributed by atoms with E-state index < -0.39 is 0 Å². The molecular weight excluding hydrogens is 284 g/mol. The third kappa shape index (κ3) is 3.98. The molecular formula is C17H27ClN2O. The first-order valence-corrected chi connectivity index (χ1v) is 7.67. The average molecular weight is 311 g/mol. The molecule has 0 heterocycles. The summed E-state index contributed by atoms with van der Waals surface area (Å²) in [4.78, 5) is 12.8. The zero-order chi connectivity index (χ0) is 14.6. The van der Waals surface area contributed by atoms with Crippen LogP contribution in [0.1, 0.15) is 50.2 Å². The summed E-state index contributed by atoms with van der Waals surface area (Å²) >= 11 is 0. The fourth-order valence-electron chi connectivity index (χ4n) is 3.17. The molecule has 1 aliphatic carbocycles. The zero-order valence-corrected chi connectivity index (χ0v) is 13.8. The molecule has 21 heavy (non-hydrogen) atoms. The first-order valence-electron chi connectivity index (χ1n) is 7.67. The summed E-state index contributed by atoms with van der Waals surface area (Å²) < 4.78 is 0. The molecule has 1 aromatic rings. The number of carbonyl (C=O) groups excluding carboxylic acids is 1. The molecule has 0 bridgehead atoms. The van der Waals surface area contributed by atoms with E-state index in [9.17, 15) is 4.79 Å². The number of nitrogens with one attached hydrogen (secondary N) is 1. The number of hydrogen-bond donors (Lipinski definition) is 2. The summed E-state index contributed by atoms with van der Waals surface area (Å²) in [7, 11) is 0. The minimum Gasteiger partial charge on any atom is -0.352 e. The lowest BCUT2D eigenvalue weighted by atomic mass is 9.68. The van der Waals surface area contributed by atoms with Gasteiger partial charge in [-0.1, -0.05) is 49.1 Å². The quantitative estimate of drug-likeness (QED) is 0.898. The molecule has 118 valence electrons. The number of rotatable bonds is 4. The Morgan fingerprint density at radius 1 is 1.33 bits per heavy atom. The molecule has 1 aliphatic rings. The minimum absolute atomic E-state index is 0. The van der Waals surface area contributed by atoms with Crippen LogP contribution in [0.5, 0.6) is 0 Å². The Hall–Kier alpha value is -1.06. The van der Waals surface area contributed by atoms with Crippen molar-refractivity contribution in [1.82, 2.24) is 5.32 Å². The molecule has 3 nitrogen and oxygen atoms in total. The molecule has 0 aliphatic heterocycles. The Kier molecular flexibility index (Phi) is 6.69. The summed E-state index contributed by atoms with van der Waals surface area (Å²) in [5.41, 5.74) is 7.67. The molecule has 2 rings (SSSR count). The molecule has 0 aromatic heterocycles. The largest absolute Gasteiger partial charge is 0.352 e. The molecule has 0 saturated heterocycles. The molecule has 1 amide bonds. The fourth-order valence-corrected chi connectivity index (χ4v) is 3.17. The summed E-state index contributed by atoms with van der Waals surface area (Å²) in [6.07, 6.45) is 5.36. The Labute approximate surface area is 134 Å². The van der Waals surface area contributed by atoms with E-state index in [1.54, 1.807) is 0 Å². The number of amides is 1. The minimum atomic E-state index is -0.353. The SMILES string of the molecule is Cc1cccc(C2(C(=O)N[C@@H](C)CN)CCCCC2)c1.Cl. The highest BCUT2D eigenvalue weighted by molar-refractivity contribution is 5.88. The molecule has 3 N–H and O–H groups in total. The highest BCUT2D eigenvalue weighted by Gasteiger charge is 2.41. The van der Waals surface area contributed by atoms with Crippen molar-refractivity contribution in [3.05, 3.63) is 35.4 Å². The van der Waals surface area contributed by atoms with E-state index in [1.807, 2.05) is 6.92 Å². The van der Waals surface area contributed by atoms with Crippen LogP contribution in [0.3, 0.4) is 0 Å². The van der Waals surface area contributed by atoms with Crippen molar-refractivity contribution in [1.29, 1.82) is 0 Å². The molecule has 1 atom stereocenters. The monoisotopic (exact) mass is 310 g/mol. The van der Waals surface area contributed by atoms with E-state index in [0.29, 0.717) is 6.54 Å². The van der Waals surface area contributed by atoms with Crippen molar-refractivity contribution >= 4 is 18.3 Å². The predicted octanol–water partition coefficient (Wildman–Crippen LogP) is 3.08. The highest BCUT2D eigenvalue weighted by atomic mass is 35.5. The van der Waals surface area contributed by atoms with Crippen LogP contribution in [-0.2, 0) is 10.2 Å². The van der Waals surface area contributed by atoms with Crippen LogP contribution in [0.4, 0.5) is 0 Å². The smallest absolute Gasteiger partial charge is 0.230 e. The van der Waals surface area contributed by atoms with Crippen LogP contribution in [0.2, 0.25) is 0 Å². The second-order valence-electron chi connectivity index (χ2n) is 6.12. The van der Waals surface area contributed by atoms with Crippen LogP contribution < -0.4 is 11.1 Å². The summed E-state index contributed by atoms with van der Waals surface area (Å²) in [5, 5.41) is 3.09. The maximum atomic E-state index is 12.8. The van der Waals surface area contributed by atoms with Gasteiger partial charge >= 0.3 is 0 Å². The van der Waals surface area contributed by atoms with Gasteiger partial charge in [-0.05, 0) is 32.3 Å². The zero-order valence-electron chi connectivity index (χ0n) is 13.0. The molecule has 1 saturated carbocycles. The Balaban J connectivity index is 0.00000220. The molecule has 1 aromatic carbocycles. The van der Waals surface area contributed by atoms with E-state index in [1.165, 1.54) is 17.5 Å².